The standard InChI is InChI=1S/C19H21ClFN3O2/c20-16-6-4-5-14(19(16)21)11-22-17(25)12-24(15-7-8-15)18(26)13-23-9-2-1-3-10-23/h1-6,9,15H,7-8,10-13H2,(H,22,25). The van der Waals surface area contributed by atoms with Crippen LogP contribution in [0.25, 0.3) is 0 Å². The number of carbonyl (C=O) groups is 2. The van der Waals surface area contributed by atoms with Gasteiger partial charge in [0.2, 0.25) is 11.8 Å². The van der Waals surface area contributed by atoms with Crippen LogP contribution in [0.1, 0.15) is 18.4 Å². The molecule has 1 fully saturated rings. The van der Waals surface area contributed by atoms with E-state index in [1.165, 1.54) is 6.07 Å². The molecule has 3 rings (SSSR count). The lowest BCUT2D eigenvalue weighted by atomic mass is 10.2. The third-order valence-corrected chi connectivity index (χ3v) is 4.64. The minimum atomic E-state index is -0.533. The molecule has 2 aliphatic rings. The lowest BCUT2D eigenvalue weighted by molar-refractivity contribution is -0.137. The van der Waals surface area contributed by atoms with Crippen LogP contribution in [0.4, 0.5) is 4.39 Å². The molecule has 138 valence electrons. The van der Waals surface area contributed by atoms with Crippen LogP contribution in [0.3, 0.4) is 0 Å². The van der Waals surface area contributed by atoms with Gasteiger partial charge in [-0.25, -0.2) is 4.39 Å². The van der Waals surface area contributed by atoms with Crippen LogP contribution in [-0.4, -0.2) is 47.3 Å². The summed E-state index contributed by atoms with van der Waals surface area (Å²) in [4.78, 5) is 28.3. The molecule has 0 bridgehead atoms. The van der Waals surface area contributed by atoms with E-state index in [0.29, 0.717) is 12.1 Å². The molecule has 0 atom stereocenters. The zero-order valence-corrected chi connectivity index (χ0v) is 15.1. The van der Waals surface area contributed by atoms with Gasteiger partial charge in [-0.3, -0.25) is 9.59 Å². The normalized spacial score (nSPS) is 15.8. The second-order valence-electron chi connectivity index (χ2n) is 6.44. The Labute approximate surface area is 157 Å². The predicted molar refractivity (Wildman–Crippen MR) is 97.8 cm³/mol. The molecule has 26 heavy (non-hydrogen) atoms. The molecular weight excluding hydrogens is 357 g/mol. The van der Waals surface area contributed by atoms with E-state index in [0.717, 1.165) is 12.8 Å². The highest BCUT2D eigenvalue weighted by molar-refractivity contribution is 6.30. The third-order valence-electron chi connectivity index (χ3n) is 4.35. The summed E-state index contributed by atoms with van der Waals surface area (Å²) in [6, 6.07) is 4.79. The van der Waals surface area contributed by atoms with Crippen LogP contribution in [-0.2, 0) is 16.1 Å². The second-order valence-corrected chi connectivity index (χ2v) is 6.85. The lowest BCUT2D eigenvalue weighted by Gasteiger charge is -2.26. The number of nitrogens with one attached hydrogen (secondary N) is 1. The summed E-state index contributed by atoms with van der Waals surface area (Å²) < 4.78 is 13.9. The maximum Gasteiger partial charge on any atom is 0.242 e. The molecule has 0 radical (unpaired) electrons. The molecule has 0 aromatic heterocycles. The van der Waals surface area contributed by atoms with Crippen LogP contribution >= 0.6 is 11.6 Å². The SMILES string of the molecule is O=C(CN(C(=O)CN1C=CC=CC1)C1CC1)NCc1cccc(Cl)c1F. The number of benzene rings is 1. The minimum absolute atomic E-state index is 0.0148. The molecule has 1 heterocycles. The van der Waals surface area contributed by atoms with Crippen molar-refractivity contribution in [2.45, 2.75) is 25.4 Å². The van der Waals surface area contributed by atoms with E-state index in [2.05, 4.69) is 5.32 Å². The second kappa shape index (κ2) is 8.36. The minimum Gasteiger partial charge on any atom is -0.364 e. The third kappa shape index (κ3) is 4.85. The molecule has 1 aliphatic heterocycles. The summed E-state index contributed by atoms with van der Waals surface area (Å²) in [6.07, 6.45) is 9.48. The fraction of sp³-hybridized carbons (Fsp3) is 0.368. The smallest absolute Gasteiger partial charge is 0.242 e. The number of halogens is 2. The van der Waals surface area contributed by atoms with Crippen LogP contribution in [0.15, 0.2) is 42.6 Å². The van der Waals surface area contributed by atoms with Crippen molar-refractivity contribution < 1.29 is 14.0 Å². The van der Waals surface area contributed by atoms with Gasteiger partial charge in [0.1, 0.15) is 5.82 Å². The van der Waals surface area contributed by atoms with Gasteiger partial charge in [-0.1, -0.05) is 35.9 Å². The quantitative estimate of drug-likeness (QED) is 0.794. The first-order valence-corrected chi connectivity index (χ1v) is 8.99. The number of allylic oxidation sites excluding steroid dienone is 2. The largest absolute Gasteiger partial charge is 0.364 e. The fourth-order valence-electron chi connectivity index (χ4n) is 2.79. The van der Waals surface area contributed by atoms with Gasteiger partial charge < -0.3 is 15.1 Å². The summed E-state index contributed by atoms with van der Waals surface area (Å²) >= 11 is 5.74. The van der Waals surface area contributed by atoms with Crippen molar-refractivity contribution in [2.24, 2.45) is 0 Å². The number of amides is 2. The molecule has 1 aliphatic carbocycles. The summed E-state index contributed by atoms with van der Waals surface area (Å²) in [7, 11) is 0. The highest BCUT2D eigenvalue weighted by Gasteiger charge is 2.34. The van der Waals surface area contributed by atoms with Crippen molar-refractivity contribution in [3.05, 3.63) is 59.0 Å². The van der Waals surface area contributed by atoms with E-state index in [1.54, 1.807) is 17.0 Å². The number of rotatable bonds is 7. The molecule has 1 saturated carbocycles. The number of hydrogen-bond acceptors (Lipinski definition) is 3. The Morgan fingerprint density at radius 3 is 2.81 bits per heavy atom. The van der Waals surface area contributed by atoms with Crippen LogP contribution in [0.5, 0.6) is 0 Å². The van der Waals surface area contributed by atoms with Gasteiger partial charge in [0.25, 0.3) is 0 Å². The molecule has 1 aromatic carbocycles. The maximum absolute atomic E-state index is 13.9. The Morgan fingerprint density at radius 2 is 2.12 bits per heavy atom. The van der Waals surface area contributed by atoms with E-state index >= 15 is 0 Å². The summed E-state index contributed by atoms with van der Waals surface area (Å²) in [6.45, 7) is 0.950. The summed E-state index contributed by atoms with van der Waals surface area (Å²) in [5, 5.41) is 2.69. The summed E-state index contributed by atoms with van der Waals surface area (Å²) in [5.41, 5.74) is 0.320. The van der Waals surface area contributed by atoms with Crippen molar-refractivity contribution in [3.63, 3.8) is 0 Å². The average molecular weight is 378 g/mol. The Kier molecular flexibility index (Phi) is 5.93. The average Bonchev–Trinajstić information content (AvgIpc) is 3.46. The molecule has 0 unspecified atom stereocenters. The van der Waals surface area contributed by atoms with Gasteiger partial charge in [-0.15, -0.1) is 0 Å². The van der Waals surface area contributed by atoms with E-state index < -0.39 is 5.82 Å². The lowest BCUT2D eigenvalue weighted by Crippen LogP contribution is -2.45. The molecule has 1 N–H and O–H groups in total. The van der Waals surface area contributed by atoms with Crippen molar-refractivity contribution in [3.8, 4) is 0 Å². The topological polar surface area (TPSA) is 52.7 Å². The first-order valence-electron chi connectivity index (χ1n) is 8.61. The van der Waals surface area contributed by atoms with E-state index in [-0.39, 0.29) is 42.5 Å². The van der Waals surface area contributed by atoms with Crippen molar-refractivity contribution in [1.82, 2.24) is 15.1 Å². The van der Waals surface area contributed by atoms with E-state index in [9.17, 15) is 14.0 Å². The summed E-state index contributed by atoms with van der Waals surface area (Å²) in [5.74, 6) is -0.912. The molecule has 1 aromatic rings. The highest BCUT2D eigenvalue weighted by atomic mass is 35.5. The molecule has 0 saturated heterocycles. The van der Waals surface area contributed by atoms with Crippen LogP contribution in [0.2, 0.25) is 5.02 Å². The highest BCUT2D eigenvalue weighted by Crippen LogP contribution is 2.27. The van der Waals surface area contributed by atoms with E-state index in [4.69, 9.17) is 11.6 Å². The Balaban J connectivity index is 1.53. The van der Waals surface area contributed by atoms with Gasteiger partial charge >= 0.3 is 0 Å². The molecule has 2 amide bonds. The zero-order valence-electron chi connectivity index (χ0n) is 14.3. The van der Waals surface area contributed by atoms with Crippen LogP contribution < -0.4 is 5.32 Å². The first-order chi connectivity index (χ1) is 12.5. The Hall–Kier alpha value is -2.34. The van der Waals surface area contributed by atoms with Gasteiger partial charge in [-0.05, 0) is 31.2 Å². The Bertz CT molecular complexity index is 746. The van der Waals surface area contributed by atoms with Crippen molar-refractivity contribution >= 4 is 23.4 Å². The molecular formula is C19H21ClFN3O2. The maximum atomic E-state index is 13.9. The monoisotopic (exact) mass is 377 g/mol. The Morgan fingerprint density at radius 1 is 1.31 bits per heavy atom. The molecule has 7 heteroatoms. The van der Waals surface area contributed by atoms with E-state index in [1.807, 2.05) is 29.3 Å². The first kappa shape index (κ1) is 18.5. The number of nitrogens with zero attached hydrogens (tertiary/aromatic N) is 2. The van der Waals surface area contributed by atoms with Gasteiger partial charge in [-0.2, -0.15) is 0 Å². The van der Waals surface area contributed by atoms with Gasteiger partial charge in [0, 0.05) is 24.7 Å². The number of carbonyl (C=O) groups excluding carboxylic acids is 2. The van der Waals surface area contributed by atoms with Gasteiger partial charge in [0.05, 0.1) is 18.1 Å². The molecule has 5 nitrogen and oxygen atoms in total. The van der Waals surface area contributed by atoms with Gasteiger partial charge in [0.15, 0.2) is 0 Å². The zero-order chi connectivity index (χ0) is 18.5. The number of hydrogen-bond donors (Lipinski definition) is 1. The molecule has 0 spiro atoms. The van der Waals surface area contributed by atoms with Crippen molar-refractivity contribution in [1.29, 1.82) is 0 Å². The van der Waals surface area contributed by atoms with Crippen LogP contribution in [0, 0.1) is 5.82 Å². The fourth-order valence-corrected chi connectivity index (χ4v) is 2.98. The predicted octanol–water partition coefficient (Wildman–Crippen LogP) is 2.47. The van der Waals surface area contributed by atoms with Crippen molar-refractivity contribution in [2.75, 3.05) is 19.6 Å².